The average Bonchev–Trinajstić information content (AvgIpc) is 3.31. The van der Waals surface area contributed by atoms with Crippen LogP contribution in [0.2, 0.25) is 0 Å². The van der Waals surface area contributed by atoms with E-state index in [1.807, 2.05) is 0 Å². The van der Waals surface area contributed by atoms with Gasteiger partial charge in [0.15, 0.2) is 0 Å². The van der Waals surface area contributed by atoms with Crippen LogP contribution in [0.25, 0.3) is 21.8 Å². The summed E-state index contributed by atoms with van der Waals surface area (Å²) in [5.74, 6) is -1.73. The molecule has 32 heavy (non-hydrogen) atoms. The maximum absolute atomic E-state index is 10.6. The van der Waals surface area contributed by atoms with Crippen LogP contribution in [0.15, 0.2) is 48.8 Å². The van der Waals surface area contributed by atoms with Crippen molar-refractivity contribution < 1.29 is 30.0 Å². The van der Waals surface area contributed by atoms with Gasteiger partial charge in [0, 0.05) is 53.1 Å². The first kappa shape index (κ1) is 22.7. The molecule has 0 aliphatic carbocycles. The molecule has 0 amide bonds. The smallest absolute Gasteiger partial charge is 0.320 e. The van der Waals surface area contributed by atoms with Gasteiger partial charge in [-0.2, -0.15) is 0 Å². The number of aromatic amines is 2. The third-order valence-electron chi connectivity index (χ3n) is 5.02. The average molecular weight is 440 g/mol. The van der Waals surface area contributed by atoms with Crippen molar-refractivity contribution in [3.8, 4) is 11.5 Å². The zero-order valence-corrected chi connectivity index (χ0v) is 16.9. The van der Waals surface area contributed by atoms with Crippen molar-refractivity contribution in [2.45, 2.75) is 24.9 Å². The van der Waals surface area contributed by atoms with Gasteiger partial charge in [0.1, 0.15) is 23.6 Å². The molecular weight excluding hydrogens is 416 g/mol. The molecule has 10 heteroatoms. The van der Waals surface area contributed by atoms with E-state index in [0.717, 1.165) is 32.9 Å². The van der Waals surface area contributed by atoms with Gasteiger partial charge in [0.2, 0.25) is 0 Å². The molecule has 2 heterocycles. The SMILES string of the molecule is N[C@@H](Cc1c[nH]c2cc(O)ccc12)C(=O)O.N[C@@H](Cc1c[nH]c2ccc(O)cc12)C(=O)O. The van der Waals surface area contributed by atoms with E-state index in [9.17, 15) is 19.8 Å². The Kier molecular flexibility index (Phi) is 6.67. The summed E-state index contributed by atoms with van der Waals surface area (Å²) in [5, 5.41) is 37.8. The number of nitrogens with two attached hydrogens (primary N) is 2. The van der Waals surface area contributed by atoms with Gasteiger partial charge in [-0.1, -0.05) is 0 Å². The molecule has 2 atom stereocenters. The van der Waals surface area contributed by atoms with Crippen LogP contribution in [-0.4, -0.2) is 54.4 Å². The fraction of sp³-hybridized carbons (Fsp3) is 0.182. The third kappa shape index (κ3) is 5.17. The van der Waals surface area contributed by atoms with E-state index in [-0.39, 0.29) is 24.3 Å². The largest absolute Gasteiger partial charge is 0.508 e. The Hall–Kier alpha value is -4.02. The molecule has 4 rings (SSSR count). The van der Waals surface area contributed by atoms with Gasteiger partial charge in [-0.25, -0.2) is 0 Å². The van der Waals surface area contributed by atoms with E-state index < -0.39 is 24.0 Å². The van der Waals surface area contributed by atoms with Crippen molar-refractivity contribution in [3.63, 3.8) is 0 Å². The lowest BCUT2D eigenvalue weighted by atomic mass is 10.1. The molecule has 10 nitrogen and oxygen atoms in total. The predicted octanol–water partition coefficient (Wildman–Crippen LogP) is 1.66. The van der Waals surface area contributed by atoms with Crippen LogP contribution in [0, 0.1) is 0 Å². The molecule has 4 aromatic rings. The van der Waals surface area contributed by atoms with Gasteiger partial charge < -0.3 is 41.9 Å². The number of phenolic OH excluding ortho intramolecular Hbond substituents is 2. The molecule has 0 aliphatic rings. The van der Waals surface area contributed by atoms with E-state index in [4.69, 9.17) is 21.7 Å². The Labute approximate surface area is 182 Å². The minimum atomic E-state index is -1.03. The van der Waals surface area contributed by atoms with Gasteiger partial charge in [0.05, 0.1) is 0 Å². The van der Waals surface area contributed by atoms with Gasteiger partial charge in [-0.15, -0.1) is 0 Å². The molecule has 0 saturated heterocycles. The Morgan fingerprint density at radius 3 is 1.84 bits per heavy atom. The monoisotopic (exact) mass is 440 g/mol. The van der Waals surface area contributed by atoms with Crippen molar-refractivity contribution in [2.75, 3.05) is 0 Å². The summed E-state index contributed by atoms with van der Waals surface area (Å²) in [4.78, 5) is 27.2. The molecule has 0 aliphatic heterocycles. The molecule has 0 saturated carbocycles. The number of carboxylic acids is 2. The number of rotatable bonds is 6. The van der Waals surface area contributed by atoms with E-state index in [1.54, 1.807) is 48.8 Å². The lowest BCUT2D eigenvalue weighted by Gasteiger charge is -2.04. The number of aliphatic carboxylic acids is 2. The number of hydrogen-bond acceptors (Lipinski definition) is 6. The second kappa shape index (κ2) is 9.41. The molecular formula is C22H24N4O6. The first-order chi connectivity index (χ1) is 15.2. The summed E-state index contributed by atoms with van der Waals surface area (Å²) in [7, 11) is 0. The fourth-order valence-corrected chi connectivity index (χ4v) is 3.33. The maximum atomic E-state index is 10.6. The summed E-state index contributed by atoms with van der Waals surface area (Å²) in [5.41, 5.74) is 14.2. The second-order valence-electron chi connectivity index (χ2n) is 7.39. The molecule has 0 radical (unpaired) electrons. The number of benzene rings is 2. The summed E-state index contributed by atoms with van der Waals surface area (Å²) in [6.45, 7) is 0. The first-order valence-corrected chi connectivity index (χ1v) is 9.70. The highest BCUT2D eigenvalue weighted by Gasteiger charge is 2.15. The quantitative estimate of drug-likeness (QED) is 0.221. The first-order valence-electron chi connectivity index (χ1n) is 9.70. The van der Waals surface area contributed by atoms with Crippen LogP contribution in [0.1, 0.15) is 11.1 Å². The lowest BCUT2D eigenvalue weighted by molar-refractivity contribution is -0.139. The number of nitrogens with one attached hydrogen (secondary N) is 2. The molecule has 0 spiro atoms. The Morgan fingerprint density at radius 1 is 0.750 bits per heavy atom. The molecule has 0 unspecified atom stereocenters. The topological polar surface area (TPSA) is 199 Å². The van der Waals surface area contributed by atoms with Gasteiger partial charge in [-0.05, 0) is 41.5 Å². The van der Waals surface area contributed by atoms with Crippen molar-refractivity contribution in [3.05, 3.63) is 59.9 Å². The minimum Gasteiger partial charge on any atom is -0.508 e. The highest BCUT2D eigenvalue weighted by atomic mass is 16.4. The van der Waals surface area contributed by atoms with Gasteiger partial charge in [0.25, 0.3) is 0 Å². The van der Waals surface area contributed by atoms with Gasteiger partial charge in [-0.3, -0.25) is 9.59 Å². The zero-order chi connectivity index (χ0) is 23.4. The third-order valence-corrected chi connectivity index (χ3v) is 5.02. The highest BCUT2D eigenvalue weighted by molar-refractivity contribution is 5.86. The second-order valence-corrected chi connectivity index (χ2v) is 7.39. The van der Waals surface area contributed by atoms with Crippen molar-refractivity contribution in [1.29, 1.82) is 0 Å². The highest BCUT2D eigenvalue weighted by Crippen LogP contribution is 2.24. The fourth-order valence-electron chi connectivity index (χ4n) is 3.33. The number of hydrogen-bond donors (Lipinski definition) is 8. The number of aromatic nitrogens is 2. The van der Waals surface area contributed by atoms with Crippen LogP contribution in [0.4, 0.5) is 0 Å². The van der Waals surface area contributed by atoms with Crippen LogP contribution in [0.5, 0.6) is 11.5 Å². The summed E-state index contributed by atoms with van der Waals surface area (Å²) in [6.07, 6.45) is 3.93. The molecule has 2 aromatic carbocycles. The van der Waals surface area contributed by atoms with Crippen molar-refractivity contribution >= 4 is 33.7 Å². The Morgan fingerprint density at radius 2 is 1.25 bits per heavy atom. The Bertz CT molecular complexity index is 1260. The number of H-pyrrole nitrogens is 2. The number of aromatic hydroxyl groups is 2. The van der Waals surface area contributed by atoms with Crippen LogP contribution in [0.3, 0.4) is 0 Å². The molecule has 0 fully saturated rings. The van der Waals surface area contributed by atoms with E-state index in [2.05, 4.69) is 9.97 Å². The summed E-state index contributed by atoms with van der Waals surface area (Å²) >= 11 is 0. The van der Waals surface area contributed by atoms with Gasteiger partial charge >= 0.3 is 11.9 Å². The van der Waals surface area contributed by atoms with Crippen LogP contribution in [-0.2, 0) is 22.4 Å². The van der Waals surface area contributed by atoms with E-state index in [0.29, 0.717) is 0 Å². The molecule has 168 valence electrons. The van der Waals surface area contributed by atoms with E-state index >= 15 is 0 Å². The van der Waals surface area contributed by atoms with Crippen molar-refractivity contribution in [1.82, 2.24) is 9.97 Å². The number of carboxylic acid groups (broad SMARTS) is 2. The summed E-state index contributed by atoms with van der Waals surface area (Å²) in [6, 6.07) is 7.95. The van der Waals surface area contributed by atoms with Crippen LogP contribution < -0.4 is 11.5 Å². The van der Waals surface area contributed by atoms with Crippen LogP contribution >= 0.6 is 0 Å². The predicted molar refractivity (Wildman–Crippen MR) is 119 cm³/mol. The van der Waals surface area contributed by atoms with E-state index in [1.165, 1.54) is 0 Å². The molecule has 10 N–H and O–H groups in total. The molecule has 2 aromatic heterocycles. The normalized spacial score (nSPS) is 12.8. The minimum absolute atomic E-state index is 0.150. The lowest BCUT2D eigenvalue weighted by Crippen LogP contribution is -2.32. The number of carbonyl (C=O) groups is 2. The molecule has 0 bridgehead atoms. The summed E-state index contributed by atoms with van der Waals surface area (Å²) < 4.78 is 0. The van der Waals surface area contributed by atoms with Crippen molar-refractivity contribution in [2.24, 2.45) is 11.5 Å². The Balaban J connectivity index is 0.000000181. The number of fused-ring (bicyclic) bond motifs is 2. The standard InChI is InChI=1S/2C11H12N2O3/c12-9(11(15)16)3-6-5-13-10-2-1-7(14)4-8(6)10;12-9(11(15)16)3-6-5-13-10-4-7(14)1-2-8(6)10/h2*1-2,4-5,9,13-14H,3,12H2,(H,15,16)/t2*9-/m00/s1. The zero-order valence-electron chi connectivity index (χ0n) is 16.9. The maximum Gasteiger partial charge on any atom is 0.320 e. The number of phenols is 2.